The molecule has 2 bridgehead atoms. The molecule has 2 aliphatic carbocycles. The second-order valence-corrected chi connectivity index (χ2v) is 5.46. The minimum absolute atomic E-state index is 0.0240. The van der Waals surface area contributed by atoms with Crippen molar-refractivity contribution in [2.24, 2.45) is 17.8 Å². The van der Waals surface area contributed by atoms with E-state index in [4.69, 9.17) is 5.11 Å². The molecule has 0 aromatic carbocycles. The third-order valence-electron chi connectivity index (χ3n) is 4.22. The van der Waals surface area contributed by atoms with Gasteiger partial charge in [0.2, 0.25) is 5.91 Å². The number of nitrogens with zero attached hydrogens (tertiary/aromatic N) is 1. The van der Waals surface area contributed by atoms with Crippen molar-refractivity contribution in [1.29, 1.82) is 0 Å². The SMILES string of the molecule is CCN(C(=O)C1CC2C=CC1C2)C(C)CC(=O)O. The average Bonchev–Trinajstić information content (AvgIpc) is 2.90. The molecular weight excluding hydrogens is 230 g/mol. The van der Waals surface area contributed by atoms with Crippen LogP contribution in [0.4, 0.5) is 0 Å². The molecule has 1 N–H and O–H groups in total. The highest BCUT2D eigenvalue weighted by molar-refractivity contribution is 5.81. The van der Waals surface area contributed by atoms with E-state index in [9.17, 15) is 9.59 Å². The topological polar surface area (TPSA) is 57.6 Å². The summed E-state index contributed by atoms with van der Waals surface area (Å²) in [5, 5.41) is 8.83. The first-order valence-corrected chi connectivity index (χ1v) is 6.73. The number of aliphatic carboxylic acids is 1. The Bertz CT molecular complexity index is 377. The van der Waals surface area contributed by atoms with Crippen molar-refractivity contribution in [3.8, 4) is 0 Å². The van der Waals surface area contributed by atoms with Gasteiger partial charge in [-0.3, -0.25) is 9.59 Å². The molecule has 4 heteroatoms. The molecule has 0 spiro atoms. The first kappa shape index (κ1) is 13.1. The van der Waals surface area contributed by atoms with Crippen LogP contribution in [-0.2, 0) is 9.59 Å². The van der Waals surface area contributed by atoms with Gasteiger partial charge in [-0.1, -0.05) is 12.2 Å². The number of hydrogen-bond acceptors (Lipinski definition) is 2. The maximum atomic E-state index is 12.5. The van der Waals surface area contributed by atoms with E-state index in [1.807, 2.05) is 13.8 Å². The van der Waals surface area contributed by atoms with Crippen LogP contribution in [0.5, 0.6) is 0 Å². The van der Waals surface area contributed by atoms with Crippen molar-refractivity contribution >= 4 is 11.9 Å². The molecule has 100 valence electrons. The highest BCUT2D eigenvalue weighted by Gasteiger charge is 2.41. The van der Waals surface area contributed by atoms with E-state index in [1.165, 1.54) is 0 Å². The minimum Gasteiger partial charge on any atom is -0.481 e. The van der Waals surface area contributed by atoms with Crippen molar-refractivity contribution in [1.82, 2.24) is 4.90 Å². The number of carboxylic acids is 1. The summed E-state index contributed by atoms with van der Waals surface area (Å²) in [6, 6.07) is -0.219. The van der Waals surface area contributed by atoms with E-state index < -0.39 is 5.97 Å². The van der Waals surface area contributed by atoms with Crippen molar-refractivity contribution in [2.45, 2.75) is 39.2 Å². The van der Waals surface area contributed by atoms with Gasteiger partial charge in [0.1, 0.15) is 0 Å². The van der Waals surface area contributed by atoms with Gasteiger partial charge in [-0.15, -0.1) is 0 Å². The smallest absolute Gasteiger partial charge is 0.305 e. The molecule has 0 saturated heterocycles. The molecule has 4 nitrogen and oxygen atoms in total. The van der Waals surface area contributed by atoms with E-state index >= 15 is 0 Å². The zero-order chi connectivity index (χ0) is 13.3. The van der Waals surface area contributed by atoms with Crippen LogP contribution in [-0.4, -0.2) is 34.5 Å². The summed E-state index contributed by atoms with van der Waals surface area (Å²) in [7, 11) is 0. The number of carboxylic acid groups (broad SMARTS) is 1. The lowest BCUT2D eigenvalue weighted by Gasteiger charge is -2.31. The minimum atomic E-state index is -0.846. The first-order valence-electron chi connectivity index (χ1n) is 6.73. The zero-order valence-corrected chi connectivity index (χ0v) is 11.0. The highest BCUT2D eigenvalue weighted by atomic mass is 16.4. The fraction of sp³-hybridized carbons (Fsp3) is 0.714. The van der Waals surface area contributed by atoms with Gasteiger partial charge >= 0.3 is 5.97 Å². The molecule has 0 radical (unpaired) electrons. The van der Waals surface area contributed by atoms with E-state index in [-0.39, 0.29) is 24.3 Å². The maximum absolute atomic E-state index is 12.5. The van der Waals surface area contributed by atoms with E-state index in [1.54, 1.807) is 4.90 Å². The summed E-state index contributed by atoms with van der Waals surface area (Å²) in [6.45, 7) is 4.32. The fourth-order valence-corrected chi connectivity index (χ4v) is 3.33. The van der Waals surface area contributed by atoms with Gasteiger partial charge in [0.15, 0.2) is 0 Å². The van der Waals surface area contributed by atoms with Gasteiger partial charge in [-0.2, -0.15) is 0 Å². The quantitative estimate of drug-likeness (QED) is 0.759. The Hall–Kier alpha value is -1.32. The number of rotatable bonds is 5. The molecule has 1 saturated carbocycles. The normalized spacial score (nSPS) is 30.4. The van der Waals surface area contributed by atoms with E-state index in [2.05, 4.69) is 12.2 Å². The van der Waals surface area contributed by atoms with Crippen molar-refractivity contribution < 1.29 is 14.7 Å². The van der Waals surface area contributed by atoms with E-state index in [0.717, 1.165) is 12.8 Å². The predicted octanol–water partition coefficient (Wildman–Crippen LogP) is 1.91. The highest BCUT2D eigenvalue weighted by Crippen LogP contribution is 2.44. The molecular formula is C14H21NO3. The van der Waals surface area contributed by atoms with Gasteiger partial charge in [0, 0.05) is 18.5 Å². The summed E-state index contributed by atoms with van der Waals surface area (Å²) >= 11 is 0. The number of allylic oxidation sites excluding steroid dienone is 2. The fourth-order valence-electron chi connectivity index (χ4n) is 3.33. The number of carbonyl (C=O) groups is 2. The molecule has 0 aromatic heterocycles. The Balaban J connectivity index is 2.01. The van der Waals surface area contributed by atoms with Gasteiger partial charge in [0.05, 0.1) is 6.42 Å². The molecule has 2 aliphatic rings. The van der Waals surface area contributed by atoms with Gasteiger partial charge in [-0.05, 0) is 38.5 Å². The summed E-state index contributed by atoms with van der Waals surface area (Å²) in [5.41, 5.74) is 0. The summed E-state index contributed by atoms with van der Waals surface area (Å²) in [6.07, 6.45) is 6.44. The molecule has 4 atom stereocenters. The van der Waals surface area contributed by atoms with Crippen LogP contribution in [0.15, 0.2) is 12.2 Å². The number of hydrogen-bond donors (Lipinski definition) is 1. The molecule has 4 unspecified atom stereocenters. The Morgan fingerprint density at radius 3 is 2.56 bits per heavy atom. The Kier molecular flexibility index (Phi) is 3.73. The van der Waals surface area contributed by atoms with Crippen LogP contribution < -0.4 is 0 Å². The molecule has 1 fully saturated rings. The predicted molar refractivity (Wildman–Crippen MR) is 67.9 cm³/mol. The lowest BCUT2D eigenvalue weighted by Crippen LogP contribution is -2.44. The third-order valence-corrected chi connectivity index (χ3v) is 4.22. The molecule has 0 aromatic rings. The summed E-state index contributed by atoms with van der Waals surface area (Å²) < 4.78 is 0. The van der Waals surface area contributed by atoms with Gasteiger partial charge < -0.3 is 10.0 Å². The molecule has 0 heterocycles. The average molecular weight is 251 g/mol. The lowest BCUT2D eigenvalue weighted by atomic mass is 9.91. The van der Waals surface area contributed by atoms with Crippen LogP contribution >= 0.6 is 0 Å². The number of fused-ring (bicyclic) bond motifs is 2. The van der Waals surface area contributed by atoms with Crippen molar-refractivity contribution in [3.63, 3.8) is 0 Å². The van der Waals surface area contributed by atoms with Crippen LogP contribution in [0.25, 0.3) is 0 Å². The molecule has 18 heavy (non-hydrogen) atoms. The standard InChI is InChI=1S/C14H21NO3/c1-3-15(9(2)6-13(16)17)14(18)12-8-10-4-5-11(12)7-10/h4-5,9-12H,3,6-8H2,1-2H3,(H,16,17). The van der Waals surface area contributed by atoms with Crippen molar-refractivity contribution in [3.05, 3.63) is 12.2 Å². The Morgan fingerprint density at radius 2 is 2.11 bits per heavy atom. The molecule has 0 aliphatic heterocycles. The van der Waals surface area contributed by atoms with Crippen molar-refractivity contribution in [2.75, 3.05) is 6.54 Å². The van der Waals surface area contributed by atoms with Gasteiger partial charge in [-0.25, -0.2) is 0 Å². The number of amides is 1. The summed E-state index contributed by atoms with van der Waals surface area (Å²) in [4.78, 5) is 25.0. The molecule has 1 amide bonds. The first-order chi connectivity index (χ1) is 8.52. The van der Waals surface area contributed by atoms with Crippen LogP contribution in [0.1, 0.15) is 33.1 Å². The number of carbonyl (C=O) groups excluding carboxylic acids is 1. The second-order valence-electron chi connectivity index (χ2n) is 5.46. The second kappa shape index (κ2) is 5.12. The largest absolute Gasteiger partial charge is 0.481 e. The van der Waals surface area contributed by atoms with Crippen LogP contribution in [0.2, 0.25) is 0 Å². The lowest BCUT2D eigenvalue weighted by molar-refractivity contribution is -0.142. The zero-order valence-electron chi connectivity index (χ0n) is 11.0. The Labute approximate surface area is 108 Å². The van der Waals surface area contributed by atoms with E-state index in [0.29, 0.717) is 18.4 Å². The third kappa shape index (κ3) is 2.42. The summed E-state index contributed by atoms with van der Waals surface area (Å²) in [5.74, 6) is 0.326. The molecule has 2 rings (SSSR count). The monoisotopic (exact) mass is 251 g/mol. The van der Waals surface area contributed by atoms with Crippen LogP contribution in [0.3, 0.4) is 0 Å². The van der Waals surface area contributed by atoms with Crippen LogP contribution in [0, 0.1) is 17.8 Å². The van der Waals surface area contributed by atoms with Gasteiger partial charge in [0.25, 0.3) is 0 Å². The Morgan fingerprint density at radius 1 is 1.39 bits per heavy atom. The maximum Gasteiger partial charge on any atom is 0.305 e.